The second-order valence-corrected chi connectivity index (χ2v) is 6.07. The van der Waals surface area contributed by atoms with E-state index in [-0.39, 0.29) is 6.04 Å². The van der Waals surface area contributed by atoms with Crippen LogP contribution >= 0.6 is 11.6 Å². The number of halogens is 1. The Labute approximate surface area is 149 Å². The number of pyridine rings is 1. The van der Waals surface area contributed by atoms with Crippen LogP contribution in [-0.4, -0.2) is 24.6 Å². The van der Waals surface area contributed by atoms with Crippen molar-refractivity contribution in [3.05, 3.63) is 71.8 Å². The minimum Gasteiger partial charge on any atom is -0.362 e. The molecule has 3 heterocycles. The molecule has 25 heavy (non-hydrogen) atoms. The normalized spacial score (nSPS) is 12.2. The topological polar surface area (TPSA) is 68.0 Å². The van der Waals surface area contributed by atoms with Crippen molar-refractivity contribution in [3.63, 3.8) is 0 Å². The first kappa shape index (κ1) is 15.5. The molecular weight excluding hydrogens is 336 g/mol. The molecule has 6 nitrogen and oxygen atoms in total. The van der Waals surface area contributed by atoms with E-state index in [0.717, 1.165) is 22.8 Å². The number of rotatable bonds is 4. The molecule has 3 aromatic heterocycles. The lowest BCUT2D eigenvalue weighted by Gasteiger charge is -2.16. The van der Waals surface area contributed by atoms with Crippen molar-refractivity contribution in [3.8, 4) is 11.3 Å². The van der Waals surface area contributed by atoms with Gasteiger partial charge in [-0.1, -0.05) is 41.9 Å². The van der Waals surface area contributed by atoms with E-state index in [4.69, 9.17) is 11.6 Å². The highest BCUT2D eigenvalue weighted by Crippen LogP contribution is 2.24. The van der Waals surface area contributed by atoms with E-state index in [2.05, 4.69) is 25.4 Å². The maximum atomic E-state index is 5.92. The number of nitrogens with zero attached hydrogens (tertiary/aromatic N) is 5. The van der Waals surface area contributed by atoms with E-state index in [1.807, 2.05) is 55.5 Å². The van der Waals surface area contributed by atoms with Gasteiger partial charge in [0.15, 0.2) is 0 Å². The van der Waals surface area contributed by atoms with Crippen molar-refractivity contribution in [2.75, 3.05) is 5.32 Å². The highest BCUT2D eigenvalue weighted by atomic mass is 35.5. The predicted octanol–water partition coefficient (Wildman–Crippen LogP) is 4.01. The summed E-state index contributed by atoms with van der Waals surface area (Å²) in [7, 11) is 0. The van der Waals surface area contributed by atoms with Crippen LogP contribution in [0.15, 0.2) is 61.1 Å². The molecule has 0 unspecified atom stereocenters. The van der Waals surface area contributed by atoms with Crippen LogP contribution in [0, 0.1) is 0 Å². The van der Waals surface area contributed by atoms with Crippen molar-refractivity contribution < 1.29 is 0 Å². The minimum atomic E-state index is -0.0318. The average Bonchev–Trinajstić information content (AvgIpc) is 3.12. The molecule has 7 heteroatoms. The van der Waals surface area contributed by atoms with Crippen molar-refractivity contribution >= 4 is 23.2 Å². The molecule has 1 aromatic carbocycles. The molecule has 0 bridgehead atoms. The second-order valence-electron chi connectivity index (χ2n) is 5.63. The lowest BCUT2D eigenvalue weighted by Crippen LogP contribution is -2.12. The molecule has 0 saturated heterocycles. The van der Waals surface area contributed by atoms with Crippen molar-refractivity contribution in [2.24, 2.45) is 0 Å². The van der Waals surface area contributed by atoms with Crippen LogP contribution < -0.4 is 5.32 Å². The molecule has 1 N–H and O–H groups in total. The molecule has 0 radical (unpaired) electrons. The van der Waals surface area contributed by atoms with Crippen molar-refractivity contribution in [1.82, 2.24) is 24.6 Å². The SMILES string of the molecule is C[C@H](Nc1cc(-c2ccccc2)nc2ncnn12)c1ccc(Cl)cn1. The van der Waals surface area contributed by atoms with Crippen molar-refractivity contribution in [1.29, 1.82) is 0 Å². The van der Waals surface area contributed by atoms with Gasteiger partial charge in [0.1, 0.15) is 12.1 Å². The number of anilines is 1. The molecule has 0 amide bonds. The van der Waals surface area contributed by atoms with Gasteiger partial charge in [0.05, 0.1) is 22.5 Å². The predicted molar refractivity (Wildman–Crippen MR) is 97.5 cm³/mol. The molecule has 0 aliphatic heterocycles. The largest absolute Gasteiger partial charge is 0.362 e. The highest BCUT2D eigenvalue weighted by Gasteiger charge is 2.13. The maximum absolute atomic E-state index is 5.92. The van der Waals surface area contributed by atoms with Crippen LogP contribution in [0.25, 0.3) is 17.0 Å². The van der Waals surface area contributed by atoms with Gasteiger partial charge in [-0.25, -0.2) is 4.98 Å². The molecule has 0 saturated carbocycles. The lowest BCUT2D eigenvalue weighted by atomic mass is 10.1. The van der Waals surface area contributed by atoms with Gasteiger partial charge in [0.25, 0.3) is 5.78 Å². The summed E-state index contributed by atoms with van der Waals surface area (Å²) in [5.41, 5.74) is 2.74. The van der Waals surface area contributed by atoms with E-state index in [9.17, 15) is 0 Å². The number of fused-ring (bicyclic) bond motifs is 1. The fourth-order valence-electron chi connectivity index (χ4n) is 2.61. The molecule has 0 aliphatic carbocycles. The molecule has 4 rings (SSSR count). The van der Waals surface area contributed by atoms with Crippen LogP contribution in [0.5, 0.6) is 0 Å². The van der Waals surface area contributed by atoms with Gasteiger partial charge in [0, 0.05) is 17.8 Å². The molecule has 0 spiro atoms. The molecular formula is C18H15ClN6. The Morgan fingerprint density at radius 3 is 2.68 bits per heavy atom. The Balaban J connectivity index is 1.73. The van der Waals surface area contributed by atoms with Crippen LogP contribution in [-0.2, 0) is 0 Å². The summed E-state index contributed by atoms with van der Waals surface area (Å²) in [4.78, 5) is 13.2. The van der Waals surface area contributed by atoms with Gasteiger partial charge in [-0.2, -0.15) is 14.6 Å². The van der Waals surface area contributed by atoms with Crippen LogP contribution in [0.3, 0.4) is 0 Å². The fraction of sp³-hybridized carbons (Fsp3) is 0.111. The molecule has 1 atom stereocenters. The third kappa shape index (κ3) is 3.16. The Bertz CT molecular complexity index is 997. The summed E-state index contributed by atoms with van der Waals surface area (Å²) in [6, 6.07) is 15.6. The third-order valence-electron chi connectivity index (χ3n) is 3.88. The molecule has 0 fully saturated rings. The van der Waals surface area contributed by atoms with Gasteiger partial charge in [-0.3, -0.25) is 4.98 Å². The summed E-state index contributed by atoms with van der Waals surface area (Å²) >= 11 is 5.92. The second kappa shape index (κ2) is 6.49. The van der Waals surface area contributed by atoms with E-state index in [1.165, 1.54) is 6.33 Å². The van der Waals surface area contributed by atoms with Gasteiger partial charge in [-0.15, -0.1) is 0 Å². The zero-order chi connectivity index (χ0) is 17.2. The van der Waals surface area contributed by atoms with Gasteiger partial charge < -0.3 is 5.32 Å². The fourth-order valence-corrected chi connectivity index (χ4v) is 2.72. The number of benzene rings is 1. The van der Waals surface area contributed by atoms with Crippen LogP contribution in [0.1, 0.15) is 18.7 Å². The van der Waals surface area contributed by atoms with Crippen molar-refractivity contribution in [2.45, 2.75) is 13.0 Å². The summed E-state index contributed by atoms with van der Waals surface area (Å²) in [5.74, 6) is 1.34. The van der Waals surface area contributed by atoms with Gasteiger partial charge in [-0.05, 0) is 19.1 Å². The summed E-state index contributed by atoms with van der Waals surface area (Å²) in [6.45, 7) is 2.03. The molecule has 124 valence electrons. The molecule has 4 aromatic rings. The minimum absolute atomic E-state index is 0.0318. The van der Waals surface area contributed by atoms with Crippen LogP contribution in [0.4, 0.5) is 5.82 Å². The number of aromatic nitrogens is 5. The lowest BCUT2D eigenvalue weighted by molar-refractivity contribution is 0.811. The zero-order valence-electron chi connectivity index (χ0n) is 13.5. The van der Waals surface area contributed by atoms with E-state index >= 15 is 0 Å². The first-order valence-electron chi connectivity index (χ1n) is 7.85. The number of hydrogen-bond donors (Lipinski definition) is 1. The highest BCUT2D eigenvalue weighted by molar-refractivity contribution is 6.30. The first-order valence-corrected chi connectivity index (χ1v) is 8.23. The number of nitrogens with one attached hydrogen (secondary N) is 1. The Hall–Kier alpha value is -2.99. The third-order valence-corrected chi connectivity index (χ3v) is 4.10. The average molecular weight is 351 g/mol. The Kier molecular flexibility index (Phi) is 4.03. The quantitative estimate of drug-likeness (QED) is 0.602. The smallest absolute Gasteiger partial charge is 0.254 e. The summed E-state index contributed by atoms with van der Waals surface area (Å²) in [5, 5.41) is 8.30. The zero-order valence-corrected chi connectivity index (χ0v) is 14.2. The first-order chi connectivity index (χ1) is 12.2. The molecule has 0 aliphatic rings. The summed E-state index contributed by atoms with van der Waals surface area (Å²) in [6.07, 6.45) is 3.13. The number of hydrogen-bond acceptors (Lipinski definition) is 5. The summed E-state index contributed by atoms with van der Waals surface area (Å²) < 4.78 is 1.68. The van der Waals surface area contributed by atoms with E-state index in [1.54, 1.807) is 10.7 Å². The Morgan fingerprint density at radius 2 is 1.92 bits per heavy atom. The van der Waals surface area contributed by atoms with Gasteiger partial charge in [0.2, 0.25) is 0 Å². The van der Waals surface area contributed by atoms with E-state index in [0.29, 0.717) is 10.8 Å². The monoisotopic (exact) mass is 350 g/mol. The van der Waals surface area contributed by atoms with Gasteiger partial charge >= 0.3 is 0 Å². The van der Waals surface area contributed by atoms with Crippen LogP contribution in [0.2, 0.25) is 5.02 Å². The van der Waals surface area contributed by atoms with E-state index < -0.39 is 0 Å². The maximum Gasteiger partial charge on any atom is 0.254 e. The Morgan fingerprint density at radius 1 is 1.08 bits per heavy atom. The standard InChI is InChI=1S/C18H15ClN6/c1-12(15-8-7-14(19)10-20-15)23-17-9-16(13-5-3-2-4-6-13)24-18-21-11-22-25(17)18/h2-12,23H,1H3/t12-/m0/s1.